The first-order valence-electron chi connectivity index (χ1n) is 7.32. The van der Waals surface area contributed by atoms with E-state index in [4.69, 9.17) is 125 Å². The molecule has 0 atom stereocenters. The van der Waals surface area contributed by atoms with Crippen molar-refractivity contribution in [2.24, 2.45) is 0 Å². The minimum Gasteiger partial charge on any atom is -0.423 e. The van der Waals surface area contributed by atoms with Crippen molar-refractivity contribution >= 4 is 128 Å². The summed E-state index contributed by atoms with van der Waals surface area (Å²) < 4.78 is 10.1. The van der Waals surface area contributed by atoms with Crippen LogP contribution in [0.5, 0.6) is 11.5 Å². The number of hydrogen-bond donors (Lipinski definition) is 0. The number of halogens is 10. The second kappa shape index (κ2) is 10.9. The van der Waals surface area contributed by atoms with Crippen LogP contribution in [0.3, 0.4) is 0 Å². The van der Waals surface area contributed by atoms with Crippen LogP contribution >= 0.6 is 116 Å². The average molecular weight is 615 g/mol. The molecule has 14 heteroatoms. The molecular formula is C16H4Cl10O4. The molecule has 0 heterocycles. The van der Waals surface area contributed by atoms with E-state index in [1.165, 1.54) is 0 Å². The van der Waals surface area contributed by atoms with Gasteiger partial charge in [-0.05, 0) is 0 Å². The van der Waals surface area contributed by atoms with Crippen LogP contribution in [0.15, 0.2) is 0 Å². The van der Waals surface area contributed by atoms with Crippen molar-refractivity contribution < 1.29 is 19.1 Å². The summed E-state index contributed by atoms with van der Waals surface area (Å²) in [4.78, 5) is 24.2. The zero-order chi connectivity index (χ0) is 22.9. The van der Waals surface area contributed by atoms with Gasteiger partial charge in [-0.3, -0.25) is 9.59 Å². The summed E-state index contributed by atoms with van der Waals surface area (Å²) in [5.74, 6) is -2.40. The monoisotopic (exact) mass is 610 g/mol. The Morgan fingerprint density at radius 3 is 0.867 bits per heavy atom. The Hall–Kier alpha value is 0.280. The second-order valence-corrected chi connectivity index (χ2v) is 9.03. The molecule has 0 aromatic heterocycles. The lowest BCUT2D eigenvalue weighted by Gasteiger charge is -2.13. The Bertz CT molecular complexity index is 912. The molecule has 0 aliphatic rings. The standard InChI is InChI=1S/C16H4Cl10O4/c17-5-7(19)11(23)15(12(24)8(5)20)29-3(27)1-2-4(28)30-16-13(25)9(21)6(18)10(22)14(16)26/h1-2H2. The molecule has 162 valence electrons. The van der Waals surface area contributed by atoms with Gasteiger partial charge in [0.15, 0.2) is 11.5 Å². The maximum atomic E-state index is 12.1. The highest BCUT2D eigenvalue weighted by Crippen LogP contribution is 2.49. The van der Waals surface area contributed by atoms with E-state index in [0.29, 0.717) is 0 Å². The van der Waals surface area contributed by atoms with Gasteiger partial charge in [0.1, 0.15) is 20.1 Å². The van der Waals surface area contributed by atoms with Crippen molar-refractivity contribution in [3.63, 3.8) is 0 Å². The summed E-state index contributed by atoms with van der Waals surface area (Å²) in [5.41, 5.74) is 0. The lowest BCUT2D eigenvalue weighted by Crippen LogP contribution is -2.15. The molecule has 0 unspecified atom stereocenters. The topological polar surface area (TPSA) is 52.6 Å². The first-order chi connectivity index (χ1) is 13.9. The number of carbonyl (C=O) groups excluding carboxylic acids is 2. The highest BCUT2D eigenvalue weighted by molar-refractivity contribution is 6.56. The molecule has 0 amide bonds. The molecule has 30 heavy (non-hydrogen) atoms. The van der Waals surface area contributed by atoms with Crippen LogP contribution in [0.4, 0.5) is 0 Å². The van der Waals surface area contributed by atoms with Crippen LogP contribution in [-0.2, 0) is 9.59 Å². The van der Waals surface area contributed by atoms with Crippen LogP contribution < -0.4 is 9.47 Å². The van der Waals surface area contributed by atoms with E-state index >= 15 is 0 Å². The van der Waals surface area contributed by atoms with Gasteiger partial charge in [0.25, 0.3) is 0 Å². The second-order valence-electron chi connectivity index (χ2n) is 5.25. The highest BCUT2D eigenvalue weighted by atomic mass is 35.5. The molecule has 0 fully saturated rings. The quantitative estimate of drug-likeness (QED) is 0.146. The van der Waals surface area contributed by atoms with Crippen molar-refractivity contribution in [2.75, 3.05) is 0 Å². The largest absolute Gasteiger partial charge is 0.423 e. The van der Waals surface area contributed by atoms with Crippen LogP contribution in [0, 0.1) is 0 Å². The van der Waals surface area contributed by atoms with E-state index in [0.717, 1.165) is 0 Å². The van der Waals surface area contributed by atoms with Crippen molar-refractivity contribution in [3.8, 4) is 11.5 Å². The predicted molar refractivity (Wildman–Crippen MR) is 123 cm³/mol. The zero-order valence-corrected chi connectivity index (χ0v) is 21.4. The maximum Gasteiger partial charge on any atom is 0.311 e. The third-order valence-electron chi connectivity index (χ3n) is 3.30. The van der Waals surface area contributed by atoms with Crippen LogP contribution in [0.2, 0.25) is 50.2 Å². The summed E-state index contributed by atoms with van der Waals surface area (Å²) in [6.45, 7) is 0. The molecule has 0 aliphatic carbocycles. The van der Waals surface area contributed by atoms with Crippen molar-refractivity contribution in [3.05, 3.63) is 50.2 Å². The number of carbonyl (C=O) groups is 2. The summed E-state index contributed by atoms with van der Waals surface area (Å²) >= 11 is 59.2. The van der Waals surface area contributed by atoms with Crippen LogP contribution in [0.1, 0.15) is 12.8 Å². The molecule has 2 aromatic rings. The Morgan fingerprint density at radius 2 is 0.633 bits per heavy atom. The van der Waals surface area contributed by atoms with E-state index in [2.05, 4.69) is 0 Å². The molecule has 0 aliphatic heterocycles. The number of ether oxygens (including phenoxy) is 2. The van der Waals surface area contributed by atoms with Crippen LogP contribution in [-0.4, -0.2) is 11.9 Å². The fraction of sp³-hybridized carbons (Fsp3) is 0.125. The Balaban J connectivity index is 2.10. The maximum absolute atomic E-state index is 12.1. The van der Waals surface area contributed by atoms with E-state index in [9.17, 15) is 9.59 Å². The van der Waals surface area contributed by atoms with Gasteiger partial charge in [0.2, 0.25) is 0 Å². The van der Waals surface area contributed by atoms with Gasteiger partial charge >= 0.3 is 11.9 Å². The van der Waals surface area contributed by atoms with Crippen molar-refractivity contribution in [2.45, 2.75) is 12.8 Å². The lowest BCUT2D eigenvalue weighted by atomic mass is 10.3. The van der Waals surface area contributed by atoms with E-state index in [-0.39, 0.29) is 61.7 Å². The fourth-order valence-corrected chi connectivity index (χ4v) is 4.28. The molecule has 0 N–H and O–H groups in total. The molecule has 2 rings (SSSR count). The van der Waals surface area contributed by atoms with Gasteiger partial charge < -0.3 is 9.47 Å². The van der Waals surface area contributed by atoms with Crippen molar-refractivity contribution in [1.82, 2.24) is 0 Å². The van der Waals surface area contributed by atoms with Gasteiger partial charge in [0, 0.05) is 0 Å². The highest BCUT2D eigenvalue weighted by Gasteiger charge is 2.25. The zero-order valence-electron chi connectivity index (χ0n) is 13.8. The minimum atomic E-state index is -0.894. The Kier molecular flexibility index (Phi) is 9.67. The average Bonchev–Trinajstić information content (AvgIpc) is 2.72. The molecule has 0 bridgehead atoms. The third kappa shape index (κ3) is 5.60. The first kappa shape index (κ1) is 26.5. The van der Waals surface area contributed by atoms with E-state index in [1.54, 1.807) is 0 Å². The third-order valence-corrected chi connectivity index (χ3v) is 7.79. The smallest absolute Gasteiger partial charge is 0.311 e. The Morgan fingerprint density at radius 1 is 0.433 bits per heavy atom. The normalized spacial score (nSPS) is 10.9. The number of rotatable bonds is 5. The lowest BCUT2D eigenvalue weighted by molar-refractivity contribution is -0.140. The molecule has 0 spiro atoms. The number of hydrogen-bond acceptors (Lipinski definition) is 4. The molecule has 0 saturated heterocycles. The van der Waals surface area contributed by atoms with Gasteiger partial charge in [-0.15, -0.1) is 0 Å². The predicted octanol–water partition coefficient (Wildman–Crippen LogP) is 9.51. The summed E-state index contributed by atoms with van der Waals surface area (Å²) in [5, 5.41) is -1.74. The van der Waals surface area contributed by atoms with E-state index < -0.39 is 24.8 Å². The van der Waals surface area contributed by atoms with E-state index in [1.807, 2.05) is 0 Å². The van der Waals surface area contributed by atoms with Gasteiger partial charge in [-0.1, -0.05) is 116 Å². The summed E-state index contributed by atoms with van der Waals surface area (Å²) in [7, 11) is 0. The molecule has 0 radical (unpaired) electrons. The SMILES string of the molecule is O=C(CCC(=O)Oc1c(Cl)c(Cl)c(Cl)c(Cl)c1Cl)Oc1c(Cl)c(Cl)c(Cl)c(Cl)c1Cl. The molecule has 4 nitrogen and oxygen atoms in total. The number of benzene rings is 2. The molecule has 2 aromatic carbocycles. The molecular weight excluding hydrogens is 611 g/mol. The number of esters is 2. The van der Waals surface area contributed by atoms with Crippen molar-refractivity contribution in [1.29, 1.82) is 0 Å². The first-order valence-corrected chi connectivity index (χ1v) is 11.1. The van der Waals surface area contributed by atoms with Gasteiger partial charge in [0.05, 0.1) is 43.0 Å². The Labute approximate surface area is 220 Å². The molecule has 0 saturated carbocycles. The van der Waals surface area contributed by atoms with Gasteiger partial charge in [-0.25, -0.2) is 0 Å². The fourth-order valence-electron chi connectivity index (χ4n) is 1.88. The van der Waals surface area contributed by atoms with Crippen LogP contribution in [0.25, 0.3) is 0 Å². The van der Waals surface area contributed by atoms with Gasteiger partial charge in [-0.2, -0.15) is 0 Å². The summed E-state index contributed by atoms with van der Waals surface area (Å²) in [6, 6.07) is 0. The minimum absolute atomic E-state index is 0.106. The summed E-state index contributed by atoms with van der Waals surface area (Å²) in [6.07, 6.45) is -0.874.